The second-order valence-electron chi connectivity index (χ2n) is 13.1. The van der Waals surface area contributed by atoms with Gasteiger partial charge in [-0.15, -0.1) is 0 Å². The number of carbonyl (C=O) groups is 1. The standard InChI is InChI=1S/C29H36ClN3O4.C4H11N/c1-18(2)14-23-10-11-24(15-25(23)30)27-31-26(32-37-27)22-8-6-21(7-9-22)17-33-13-12-29(28(34)35,16-20(33)5)36-19(3)4;1-4(2,3)5/h6-11,15,18-20H,12-14,16-17H2,1-5H3,(H,34,35);5H2,1-3H3. The third-order valence-corrected chi connectivity index (χ3v) is 7.21. The van der Waals surface area contributed by atoms with Crippen LogP contribution >= 0.6 is 11.6 Å². The van der Waals surface area contributed by atoms with E-state index in [1.54, 1.807) is 0 Å². The molecule has 0 bridgehead atoms. The number of piperidine rings is 1. The SMILES string of the molecule is CC(C)(C)N.CC(C)Cc1ccc(-c2nc(-c3ccc(CN4CCC(OC(C)C)(C(=O)O)CC4C)cc3)no2)cc1Cl. The lowest BCUT2D eigenvalue weighted by molar-refractivity contribution is -0.183. The predicted molar refractivity (Wildman–Crippen MR) is 168 cm³/mol. The smallest absolute Gasteiger partial charge is 0.336 e. The van der Waals surface area contributed by atoms with Crippen LogP contribution in [0, 0.1) is 5.92 Å². The summed E-state index contributed by atoms with van der Waals surface area (Å²) in [5, 5.41) is 14.7. The summed E-state index contributed by atoms with van der Waals surface area (Å²) in [5.41, 5.74) is 8.16. The summed E-state index contributed by atoms with van der Waals surface area (Å²) in [6.45, 7) is 17.5. The summed E-state index contributed by atoms with van der Waals surface area (Å²) in [7, 11) is 0. The second-order valence-corrected chi connectivity index (χ2v) is 13.5. The molecule has 9 heteroatoms. The average Bonchev–Trinajstić information content (AvgIpc) is 3.36. The first-order valence-electron chi connectivity index (χ1n) is 14.7. The highest BCUT2D eigenvalue weighted by Gasteiger charge is 2.46. The van der Waals surface area contributed by atoms with Gasteiger partial charge >= 0.3 is 5.97 Å². The van der Waals surface area contributed by atoms with Crippen molar-refractivity contribution in [3.63, 3.8) is 0 Å². The van der Waals surface area contributed by atoms with Crippen molar-refractivity contribution in [2.75, 3.05) is 6.54 Å². The number of rotatable bonds is 9. The Hall–Kier alpha value is -2.78. The summed E-state index contributed by atoms with van der Waals surface area (Å²) < 4.78 is 11.4. The van der Waals surface area contributed by atoms with Gasteiger partial charge in [-0.05, 0) is 83.6 Å². The van der Waals surface area contributed by atoms with E-state index in [-0.39, 0.29) is 17.7 Å². The first-order chi connectivity index (χ1) is 19.6. The number of likely N-dealkylation sites (tertiary alicyclic amines) is 1. The zero-order valence-corrected chi connectivity index (χ0v) is 27.0. The van der Waals surface area contributed by atoms with Gasteiger partial charge in [-0.3, -0.25) is 4.90 Å². The van der Waals surface area contributed by atoms with Crippen molar-refractivity contribution in [1.82, 2.24) is 15.0 Å². The van der Waals surface area contributed by atoms with Crippen LogP contribution in [0.1, 0.15) is 79.4 Å². The maximum Gasteiger partial charge on any atom is 0.336 e. The average molecular weight is 599 g/mol. The van der Waals surface area contributed by atoms with Crippen LogP contribution in [-0.4, -0.2) is 55.9 Å². The van der Waals surface area contributed by atoms with E-state index < -0.39 is 11.6 Å². The fourth-order valence-electron chi connectivity index (χ4n) is 5.03. The lowest BCUT2D eigenvalue weighted by atomic mass is 9.86. The third-order valence-electron chi connectivity index (χ3n) is 6.85. The van der Waals surface area contributed by atoms with Crippen molar-refractivity contribution in [2.45, 2.75) is 104 Å². The Kier molecular flexibility index (Phi) is 11.3. The number of benzene rings is 2. The van der Waals surface area contributed by atoms with Gasteiger partial charge in [0, 0.05) is 47.2 Å². The molecule has 2 aromatic carbocycles. The Morgan fingerprint density at radius 2 is 1.79 bits per heavy atom. The Bertz CT molecular complexity index is 1310. The minimum absolute atomic E-state index is 0. The molecule has 2 atom stereocenters. The predicted octanol–water partition coefficient (Wildman–Crippen LogP) is 7.23. The van der Waals surface area contributed by atoms with Crippen LogP contribution in [0.4, 0.5) is 0 Å². The summed E-state index contributed by atoms with van der Waals surface area (Å²) in [5.74, 6) is 0.610. The van der Waals surface area contributed by atoms with Gasteiger partial charge in [-0.25, -0.2) is 4.79 Å². The number of hydrogen-bond donors (Lipinski definition) is 2. The summed E-state index contributed by atoms with van der Waals surface area (Å²) in [6, 6.07) is 14.0. The summed E-state index contributed by atoms with van der Waals surface area (Å²) in [4.78, 5) is 18.9. The van der Waals surface area contributed by atoms with Crippen molar-refractivity contribution in [1.29, 1.82) is 0 Å². The van der Waals surface area contributed by atoms with Crippen LogP contribution < -0.4 is 5.73 Å². The maximum atomic E-state index is 12.0. The molecule has 4 rings (SSSR count). The van der Waals surface area contributed by atoms with Crippen molar-refractivity contribution < 1.29 is 19.2 Å². The molecule has 1 aliphatic heterocycles. The normalized spacial score (nSPS) is 19.6. The molecule has 3 aromatic rings. The van der Waals surface area contributed by atoms with Crippen LogP contribution in [0.2, 0.25) is 5.02 Å². The molecule has 1 aliphatic rings. The Morgan fingerprint density at radius 1 is 1.17 bits per heavy atom. The van der Waals surface area contributed by atoms with Gasteiger partial charge in [-0.2, -0.15) is 4.98 Å². The third kappa shape index (κ3) is 9.63. The quantitative estimate of drug-likeness (QED) is 0.265. The van der Waals surface area contributed by atoms with E-state index in [2.05, 4.69) is 47.9 Å². The highest BCUT2D eigenvalue weighted by atomic mass is 35.5. The fraction of sp³-hybridized carbons (Fsp3) is 0.545. The first-order valence-corrected chi connectivity index (χ1v) is 15.1. The van der Waals surface area contributed by atoms with E-state index in [0.717, 1.165) is 35.2 Å². The van der Waals surface area contributed by atoms with E-state index in [9.17, 15) is 9.90 Å². The number of aromatic nitrogens is 2. The van der Waals surface area contributed by atoms with E-state index in [0.29, 0.717) is 42.0 Å². The molecule has 0 saturated carbocycles. The van der Waals surface area contributed by atoms with Crippen molar-refractivity contribution in [3.05, 3.63) is 58.6 Å². The number of hydrogen-bond acceptors (Lipinski definition) is 7. The summed E-state index contributed by atoms with van der Waals surface area (Å²) >= 11 is 6.48. The molecule has 230 valence electrons. The van der Waals surface area contributed by atoms with Crippen LogP contribution in [0.5, 0.6) is 0 Å². The molecular weight excluding hydrogens is 552 g/mol. The van der Waals surface area contributed by atoms with Crippen molar-refractivity contribution in [3.8, 4) is 22.8 Å². The largest absolute Gasteiger partial charge is 0.479 e. The van der Waals surface area contributed by atoms with E-state index in [1.165, 1.54) is 0 Å². The molecule has 2 unspecified atom stereocenters. The van der Waals surface area contributed by atoms with Gasteiger partial charge in [0.05, 0.1) is 6.10 Å². The molecule has 1 saturated heterocycles. The maximum absolute atomic E-state index is 12.0. The van der Waals surface area contributed by atoms with Crippen LogP contribution in [0.25, 0.3) is 22.8 Å². The Labute approximate surface area is 255 Å². The molecule has 8 nitrogen and oxygen atoms in total. The van der Waals surface area contributed by atoms with Gasteiger partial charge in [0.2, 0.25) is 5.82 Å². The monoisotopic (exact) mass is 598 g/mol. The van der Waals surface area contributed by atoms with Crippen LogP contribution in [0.15, 0.2) is 47.0 Å². The molecule has 2 heterocycles. The highest BCUT2D eigenvalue weighted by molar-refractivity contribution is 6.31. The van der Waals surface area contributed by atoms with Crippen LogP contribution in [-0.2, 0) is 22.5 Å². The minimum atomic E-state index is -1.11. The van der Waals surface area contributed by atoms with Gasteiger partial charge in [0.15, 0.2) is 5.60 Å². The molecule has 0 radical (unpaired) electrons. The molecule has 0 spiro atoms. The Balaban J connectivity index is 0.000000892. The number of nitrogens with zero attached hydrogens (tertiary/aromatic N) is 3. The number of carboxylic acids is 1. The van der Waals surface area contributed by atoms with Gasteiger partial charge in [0.25, 0.3) is 5.89 Å². The zero-order valence-electron chi connectivity index (χ0n) is 26.3. The minimum Gasteiger partial charge on any atom is -0.479 e. The second kappa shape index (κ2) is 14.1. The van der Waals surface area contributed by atoms with E-state index in [1.807, 2.05) is 65.0 Å². The van der Waals surface area contributed by atoms with Gasteiger partial charge < -0.3 is 20.1 Å². The molecule has 0 aliphatic carbocycles. The molecule has 42 heavy (non-hydrogen) atoms. The number of ether oxygens (including phenoxy) is 1. The van der Waals surface area contributed by atoms with Crippen molar-refractivity contribution >= 4 is 17.6 Å². The molecule has 3 N–H and O–H groups in total. The molecule has 1 fully saturated rings. The number of carboxylic acid groups (broad SMARTS) is 1. The number of aliphatic carboxylic acids is 1. The molecule has 1 aromatic heterocycles. The lowest BCUT2D eigenvalue weighted by Crippen LogP contribution is -2.55. The fourth-order valence-corrected chi connectivity index (χ4v) is 5.29. The van der Waals surface area contributed by atoms with Crippen molar-refractivity contribution in [2.24, 2.45) is 11.7 Å². The lowest BCUT2D eigenvalue weighted by Gasteiger charge is -2.43. The molecule has 0 amide bonds. The zero-order chi connectivity index (χ0) is 31.2. The first kappa shape index (κ1) is 33.7. The topological polar surface area (TPSA) is 115 Å². The number of nitrogens with two attached hydrogens (primary N) is 1. The summed E-state index contributed by atoms with van der Waals surface area (Å²) in [6.07, 6.45) is 1.72. The van der Waals surface area contributed by atoms with Gasteiger partial charge in [0.1, 0.15) is 0 Å². The Morgan fingerprint density at radius 3 is 2.31 bits per heavy atom. The van der Waals surface area contributed by atoms with E-state index >= 15 is 0 Å². The molecular formula is C33H47ClN4O4. The van der Waals surface area contributed by atoms with Crippen LogP contribution in [0.3, 0.4) is 0 Å². The highest BCUT2D eigenvalue weighted by Crippen LogP contribution is 2.33. The number of halogens is 1. The van der Waals surface area contributed by atoms with E-state index in [4.69, 9.17) is 26.6 Å². The van der Waals surface area contributed by atoms with Gasteiger partial charge in [-0.1, -0.05) is 60.9 Å².